The van der Waals surface area contributed by atoms with Crippen molar-refractivity contribution in [3.05, 3.63) is 52.9 Å². The molecule has 2 rings (SSSR count). The summed E-state index contributed by atoms with van der Waals surface area (Å²) in [5.74, 6) is -2.25. The molecular formula is C12H8ClFN2O4S. The fraction of sp³-hybridized carbons (Fsp3) is 0. The molecule has 2 N–H and O–H groups in total. The molecule has 1 aromatic carbocycles. The molecule has 0 aliphatic rings. The fourth-order valence-corrected chi connectivity index (χ4v) is 2.84. The number of hydrogen-bond acceptors (Lipinski definition) is 4. The van der Waals surface area contributed by atoms with Gasteiger partial charge in [0, 0.05) is 6.20 Å². The number of nitrogens with zero attached hydrogens (tertiary/aromatic N) is 1. The lowest BCUT2D eigenvalue weighted by Crippen LogP contribution is -2.16. The van der Waals surface area contributed by atoms with Crippen LogP contribution in [0.3, 0.4) is 0 Å². The van der Waals surface area contributed by atoms with Crippen molar-refractivity contribution in [1.29, 1.82) is 0 Å². The highest BCUT2D eigenvalue weighted by Crippen LogP contribution is 2.23. The zero-order chi connectivity index (χ0) is 15.6. The van der Waals surface area contributed by atoms with Crippen molar-refractivity contribution < 1.29 is 22.7 Å². The summed E-state index contributed by atoms with van der Waals surface area (Å²) in [6.07, 6.45) is 1.14. The van der Waals surface area contributed by atoms with Gasteiger partial charge in [0.05, 0.1) is 16.3 Å². The monoisotopic (exact) mass is 330 g/mol. The summed E-state index contributed by atoms with van der Waals surface area (Å²) in [5, 5.41) is 7.91. The van der Waals surface area contributed by atoms with E-state index in [9.17, 15) is 17.6 Å². The number of hydrogen-bond donors (Lipinski definition) is 2. The van der Waals surface area contributed by atoms with Crippen LogP contribution in [0.1, 0.15) is 10.4 Å². The van der Waals surface area contributed by atoms with Crippen molar-refractivity contribution in [3.8, 4) is 0 Å². The number of rotatable bonds is 4. The molecule has 0 fully saturated rings. The standard InChI is InChI=1S/C12H8ClFN2O4S/c13-9-6-7(3-4-8(9)12(17)18)16-21(19,20)11-10(14)2-1-5-15-11/h1-6,16H,(H,17,18). The van der Waals surface area contributed by atoms with Crippen LogP contribution in [-0.4, -0.2) is 24.5 Å². The molecule has 0 saturated carbocycles. The molecule has 110 valence electrons. The van der Waals surface area contributed by atoms with Crippen LogP contribution in [0, 0.1) is 5.82 Å². The first kappa shape index (κ1) is 15.2. The topological polar surface area (TPSA) is 96.4 Å². The second-order valence-electron chi connectivity index (χ2n) is 3.90. The number of benzene rings is 1. The van der Waals surface area contributed by atoms with Gasteiger partial charge in [-0.2, -0.15) is 8.42 Å². The Morgan fingerprint density at radius 2 is 2.05 bits per heavy atom. The summed E-state index contributed by atoms with van der Waals surface area (Å²) in [7, 11) is -4.24. The van der Waals surface area contributed by atoms with E-state index in [1.165, 1.54) is 12.1 Å². The maximum atomic E-state index is 13.5. The van der Waals surface area contributed by atoms with Gasteiger partial charge in [-0.05, 0) is 30.3 Å². The second kappa shape index (κ2) is 5.66. The molecule has 1 heterocycles. The van der Waals surface area contributed by atoms with Crippen molar-refractivity contribution in [3.63, 3.8) is 0 Å². The van der Waals surface area contributed by atoms with E-state index >= 15 is 0 Å². The Labute approximate surface area is 124 Å². The van der Waals surface area contributed by atoms with Gasteiger partial charge in [0.2, 0.25) is 5.03 Å². The van der Waals surface area contributed by atoms with Crippen LogP contribution in [-0.2, 0) is 10.0 Å². The SMILES string of the molecule is O=C(O)c1ccc(NS(=O)(=O)c2ncccc2F)cc1Cl. The summed E-state index contributed by atoms with van der Waals surface area (Å²) in [6, 6.07) is 5.67. The molecule has 0 saturated heterocycles. The molecule has 0 radical (unpaired) electrons. The number of carbonyl (C=O) groups is 1. The normalized spacial score (nSPS) is 11.1. The fourth-order valence-electron chi connectivity index (χ4n) is 1.52. The number of aromatic carboxylic acids is 1. The Bertz CT molecular complexity index is 811. The summed E-state index contributed by atoms with van der Waals surface area (Å²) in [4.78, 5) is 14.3. The maximum Gasteiger partial charge on any atom is 0.337 e. The van der Waals surface area contributed by atoms with E-state index < -0.39 is 26.8 Å². The van der Waals surface area contributed by atoms with Crippen LogP contribution >= 0.6 is 11.6 Å². The van der Waals surface area contributed by atoms with E-state index in [2.05, 4.69) is 9.71 Å². The third-order valence-corrected chi connectivity index (χ3v) is 4.06. The van der Waals surface area contributed by atoms with Crippen LogP contribution < -0.4 is 4.72 Å². The van der Waals surface area contributed by atoms with Crippen LogP contribution in [0.15, 0.2) is 41.6 Å². The Hall–Kier alpha value is -2.19. The van der Waals surface area contributed by atoms with Crippen molar-refractivity contribution >= 4 is 33.3 Å². The number of carboxylic acids is 1. The molecule has 0 spiro atoms. The van der Waals surface area contributed by atoms with Gasteiger partial charge in [-0.25, -0.2) is 14.2 Å². The maximum absolute atomic E-state index is 13.5. The predicted octanol–water partition coefficient (Wildman–Crippen LogP) is 2.37. The van der Waals surface area contributed by atoms with E-state index in [-0.39, 0.29) is 16.3 Å². The molecule has 0 atom stereocenters. The van der Waals surface area contributed by atoms with Crippen LogP contribution in [0.25, 0.3) is 0 Å². The van der Waals surface area contributed by atoms with Crippen molar-refractivity contribution in [1.82, 2.24) is 4.98 Å². The van der Waals surface area contributed by atoms with E-state index in [4.69, 9.17) is 16.7 Å². The van der Waals surface area contributed by atoms with Gasteiger partial charge in [0.1, 0.15) is 0 Å². The number of nitrogens with one attached hydrogen (secondary N) is 1. The van der Waals surface area contributed by atoms with E-state index in [0.29, 0.717) is 0 Å². The lowest BCUT2D eigenvalue weighted by Gasteiger charge is -2.09. The summed E-state index contributed by atoms with van der Waals surface area (Å²) >= 11 is 5.73. The molecule has 9 heteroatoms. The number of sulfonamides is 1. The van der Waals surface area contributed by atoms with E-state index in [0.717, 1.165) is 24.4 Å². The van der Waals surface area contributed by atoms with Crippen molar-refractivity contribution in [2.24, 2.45) is 0 Å². The average molecular weight is 331 g/mol. The highest BCUT2D eigenvalue weighted by molar-refractivity contribution is 7.92. The number of aromatic nitrogens is 1. The van der Waals surface area contributed by atoms with Crippen LogP contribution in [0.5, 0.6) is 0 Å². The molecule has 0 aliphatic carbocycles. The second-order valence-corrected chi connectivity index (χ2v) is 5.90. The minimum Gasteiger partial charge on any atom is -0.478 e. The smallest absolute Gasteiger partial charge is 0.337 e. The molecule has 21 heavy (non-hydrogen) atoms. The number of carboxylic acid groups (broad SMARTS) is 1. The molecule has 2 aromatic rings. The molecular weight excluding hydrogens is 323 g/mol. The van der Waals surface area contributed by atoms with Crippen LogP contribution in [0.4, 0.5) is 10.1 Å². The highest BCUT2D eigenvalue weighted by Gasteiger charge is 2.21. The van der Waals surface area contributed by atoms with Crippen molar-refractivity contribution in [2.75, 3.05) is 4.72 Å². The lowest BCUT2D eigenvalue weighted by molar-refractivity contribution is 0.0697. The number of halogens is 2. The number of anilines is 1. The molecule has 0 amide bonds. The molecule has 0 unspecified atom stereocenters. The van der Waals surface area contributed by atoms with E-state index in [1.807, 2.05) is 0 Å². The van der Waals surface area contributed by atoms with Gasteiger partial charge in [-0.1, -0.05) is 11.6 Å². The van der Waals surface area contributed by atoms with E-state index in [1.54, 1.807) is 0 Å². The van der Waals surface area contributed by atoms with Gasteiger partial charge in [0.15, 0.2) is 5.82 Å². The average Bonchev–Trinajstić information content (AvgIpc) is 2.38. The highest BCUT2D eigenvalue weighted by atomic mass is 35.5. The van der Waals surface area contributed by atoms with Crippen molar-refractivity contribution in [2.45, 2.75) is 5.03 Å². The zero-order valence-corrected chi connectivity index (χ0v) is 11.8. The summed E-state index contributed by atoms with van der Waals surface area (Å²) < 4.78 is 39.5. The number of pyridine rings is 1. The van der Waals surface area contributed by atoms with Gasteiger partial charge >= 0.3 is 5.97 Å². The molecule has 1 aromatic heterocycles. The Morgan fingerprint density at radius 3 is 2.62 bits per heavy atom. The van der Waals surface area contributed by atoms with Gasteiger partial charge in [-0.3, -0.25) is 4.72 Å². The van der Waals surface area contributed by atoms with Crippen LogP contribution in [0.2, 0.25) is 5.02 Å². The first-order valence-corrected chi connectivity index (χ1v) is 7.33. The van der Waals surface area contributed by atoms with Gasteiger partial charge < -0.3 is 5.11 Å². The van der Waals surface area contributed by atoms with Gasteiger partial charge in [-0.15, -0.1) is 0 Å². The third-order valence-electron chi connectivity index (χ3n) is 2.43. The van der Waals surface area contributed by atoms with Gasteiger partial charge in [0.25, 0.3) is 10.0 Å². The molecule has 6 nitrogen and oxygen atoms in total. The largest absolute Gasteiger partial charge is 0.478 e. The summed E-state index contributed by atoms with van der Waals surface area (Å²) in [6.45, 7) is 0. The lowest BCUT2D eigenvalue weighted by atomic mass is 10.2. The first-order valence-electron chi connectivity index (χ1n) is 5.47. The molecule has 0 bridgehead atoms. The predicted molar refractivity (Wildman–Crippen MR) is 73.4 cm³/mol. The zero-order valence-electron chi connectivity index (χ0n) is 10.2. The minimum absolute atomic E-state index is 0.00458. The Kier molecular flexibility index (Phi) is 4.10. The Morgan fingerprint density at radius 1 is 1.33 bits per heavy atom. The Balaban J connectivity index is 2.36. The quantitative estimate of drug-likeness (QED) is 0.897. The first-order chi connectivity index (χ1) is 9.81. The molecule has 0 aliphatic heterocycles. The summed E-state index contributed by atoms with van der Waals surface area (Å²) in [5.41, 5.74) is -0.182. The third kappa shape index (κ3) is 3.29. The minimum atomic E-state index is -4.24.